The van der Waals surface area contributed by atoms with E-state index in [1.54, 1.807) is 4.68 Å². The van der Waals surface area contributed by atoms with Gasteiger partial charge >= 0.3 is 12.1 Å². The van der Waals surface area contributed by atoms with Crippen molar-refractivity contribution in [3.05, 3.63) is 89.6 Å². The van der Waals surface area contributed by atoms with Crippen LogP contribution in [0.25, 0.3) is 16.7 Å². The number of aromatic nitrogens is 4. The Hall–Kier alpha value is -4.77. The molecule has 2 bridgehead atoms. The Morgan fingerprint density at radius 1 is 0.894 bits per heavy atom. The molecule has 2 fully saturated rings. The maximum atomic E-state index is 13.4. The van der Waals surface area contributed by atoms with Crippen LogP contribution in [0.1, 0.15) is 63.3 Å². The Bertz CT molecular complexity index is 1890. The third kappa shape index (κ3) is 6.58. The lowest BCUT2D eigenvalue weighted by molar-refractivity contribution is 0.131. The summed E-state index contributed by atoms with van der Waals surface area (Å²) >= 11 is 1.16. The summed E-state index contributed by atoms with van der Waals surface area (Å²) in [5.41, 5.74) is 6.98. The highest BCUT2D eigenvalue weighted by molar-refractivity contribution is 7.00. The highest BCUT2D eigenvalue weighted by Gasteiger charge is 2.43. The fraction of sp³-hybridized carbons (Fsp3) is 0.361. The summed E-state index contributed by atoms with van der Waals surface area (Å²) in [6, 6.07) is 23.9. The maximum Gasteiger partial charge on any atom is 0.324 e. The van der Waals surface area contributed by atoms with Crippen LogP contribution in [0.15, 0.2) is 72.8 Å². The molecule has 47 heavy (non-hydrogen) atoms. The number of anilines is 3. The number of fused-ring (bicyclic) bond motifs is 3. The van der Waals surface area contributed by atoms with E-state index in [0.717, 1.165) is 83.2 Å². The summed E-state index contributed by atoms with van der Waals surface area (Å²) in [7, 11) is 0. The molecule has 2 aromatic heterocycles. The van der Waals surface area contributed by atoms with Crippen LogP contribution in [0.4, 0.5) is 26.8 Å². The quantitative estimate of drug-likeness (QED) is 0.172. The molecule has 3 N–H and O–H groups in total. The largest absolute Gasteiger partial charge is 0.324 e. The van der Waals surface area contributed by atoms with Crippen LogP contribution in [-0.2, 0) is 11.8 Å². The molecule has 2 aliphatic heterocycles. The minimum absolute atomic E-state index is 0.0401. The number of amides is 4. The van der Waals surface area contributed by atoms with E-state index in [1.807, 2.05) is 67.6 Å². The number of aryl methyl sites for hydroxylation is 1. The van der Waals surface area contributed by atoms with Gasteiger partial charge in [0.15, 0.2) is 0 Å². The number of rotatable bonds is 6. The lowest BCUT2D eigenvalue weighted by Gasteiger charge is -2.39. The second-order valence-corrected chi connectivity index (χ2v) is 14.4. The van der Waals surface area contributed by atoms with Gasteiger partial charge in [0.05, 0.1) is 28.8 Å². The standard InChI is InChI=1S/C36H40N8O2S/c1-22-8-14-26(15-9-22)44-32(21-31(40-44)36(2,3)4)39-34(45)37-25-12-10-23(11-13-25)18-24-19-27-16-17-28(20-24)43(27)35(46)38-29-6-5-7-30-33(29)42-47-41-30/h5-15,21,24,27-28H,16-20H2,1-4H3,(H,38,46)(H2,37,39,45). The van der Waals surface area contributed by atoms with Gasteiger partial charge in [0, 0.05) is 29.3 Å². The molecular weight excluding hydrogens is 609 g/mol. The van der Waals surface area contributed by atoms with Gasteiger partial charge in [0.2, 0.25) is 0 Å². The summed E-state index contributed by atoms with van der Waals surface area (Å²) in [6.45, 7) is 8.36. The van der Waals surface area contributed by atoms with Gasteiger partial charge in [-0.05, 0) is 86.9 Å². The normalized spacial score (nSPS) is 19.1. The first kappa shape index (κ1) is 30.9. The molecule has 4 heterocycles. The third-order valence-electron chi connectivity index (χ3n) is 9.33. The molecule has 3 aromatic carbocycles. The van der Waals surface area contributed by atoms with Gasteiger partial charge in [-0.15, -0.1) is 0 Å². The predicted octanol–water partition coefficient (Wildman–Crippen LogP) is 8.14. The Labute approximate surface area is 278 Å². The van der Waals surface area contributed by atoms with Gasteiger partial charge in [-0.3, -0.25) is 5.32 Å². The number of benzene rings is 3. The summed E-state index contributed by atoms with van der Waals surface area (Å²) in [5, 5.41) is 13.9. The van der Waals surface area contributed by atoms with Crippen molar-refractivity contribution in [3.8, 4) is 5.69 Å². The Balaban J connectivity index is 0.957. The van der Waals surface area contributed by atoms with Gasteiger partial charge < -0.3 is 15.5 Å². The zero-order chi connectivity index (χ0) is 32.7. The maximum absolute atomic E-state index is 13.4. The Kier molecular flexibility index (Phi) is 8.17. The van der Waals surface area contributed by atoms with E-state index in [2.05, 4.69) is 62.5 Å². The summed E-state index contributed by atoms with van der Waals surface area (Å²) in [5.74, 6) is 1.11. The van der Waals surface area contributed by atoms with E-state index in [4.69, 9.17) is 5.10 Å². The molecule has 0 aliphatic carbocycles. The first-order chi connectivity index (χ1) is 22.6. The monoisotopic (exact) mass is 648 g/mol. The molecule has 2 aliphatic rings. The molecule has 242 valence electrons. The van der Waals surface area contributed by atoms with Gasteiger partial charge in [-0.25, -0.2) is 14.3 Å². The molecule has 0 saturated carbocycles. The SMILES string of the molecule is Cc1ccc(-n2nc(C(C)(C)C)cc2NC(=O)Nc2ccc(CC3CC4CCC(C3)N4C(=O)Nc3cccc4nsnc34)cc2)cc1. The van der Waals surface area contributed by atoms with Crippen molar-refractivity contribution < 1.29 is 9.59 Å². The second kappa shape index (κ2) is 12.4. The molecule has 11 heteroatoms. The topological polar surface area (TPSA) is 117 Å². The van der Waals surface area contributed by atoms with E-state index >= 15 is 0 Å². The molecule has 2 saturated heterocycles. The molecular formula is C36H40N8O2S. The third-order valence-corrected chi connectivity index (χ3v) is 9.87. The lowest BCUT2D eigenvalue weighted by Crippen LogP contribution is -2.48. The van der Waals surface area contributed by atoms with E-state index < -0.39 is 0 Å². The van der Waals surface area contributed by atoms with Crippen LogP contribution in [-0.4, -0.2) is 47.6 Å². The van der Waals surface area contributed by atoms with Crippen LogP contribution in [0, 0.1) is 12.8 Å². The smallest absolute Gasteiger partial charge is 0.319 e. The number of nitrogens with zero attached hydrogens (tertiary/aromatic N) is 5. The van der Waals surface area contributed by atoms with E-state index in [1.165, 1.54) is 5.56 Å². The molecule has 5 aromatic rings. The predicted molar refractivity (Wildman–Crippen MR) is 188 cm³/mol. The van der Waals surface area contributed by atoms with Gasteiger partial charge in [0.1, 0.15) is 16.9 Å². The first-order valence-electron chi connectivity index (χ1n) is 16.3. The average Bonchev–Trinajstić information content (AvgIpc) is 3.75. The molecule has 7 rings (SSSR count). The number of piperidine rings is 1. The Morgan fingerprint density at radius 2 is 1.62 bits per heavy atom. The van der Waals surface area contributed by atoms with Crippen LogP contribution in [0.2, 0.25) is 0 Å². The van der Waals surface area contributed by atoms with Crippen molar-refractivity contribution in [3.63, 3.8) is 0 Å². The van der Waals surface area contributed by atoms with E-state index in [9.17, 15) is 9.59 Å². The van der Waals surface area contributed by atoms with Crippen molar-refractivity contribution in [1.29, 1.82) is 0 Å². The zero-order valence-corrected chi connectivity index (χ0v) is 28.0. The fourth-order valence-electron chi connectivity index (χ4n) is 6.93. The molecule has 0 radical (unpaired) electrons. The number of urea groups is 2. The van der Waals surface area contributed by atoms with Crippen LogP contribution < -0.4 is 16.0 Å². The van der Waals surface area contributed by atoms with Crippen molar-refractivity contribution in [2.24, 2.45) is 5.92 Å². The van der Waals surface area contributed by atoms with E-state index in [-0.39, 0.29) is 29.6 Å². The van der Waals surface area contributed by atoms with Gasteiger partial charge in [-0.1, -0.05) is 56.7 Å². The van der Waals surface area contributed by atoms with Crippen LogP contribution in [0.3, 0.4) is 0 Å². The number of carbonyl (C=O) groups excluding carboxylic acids is 2. The van der Waals surface area contributed by atoms with Crippen molar-refractivity contribution >= 4 is 52.0 Å². The molecule has 2 atom stereocenters. The minimum Gasteiger partial charge on any atom is -0.319 e. The highest BCUT2D eigenvalue weighted by Crippen LogP contribution is 2.40. The molecule has 0 spiro atoms. The first-order valence-corrected chi connectivity index (χ1v) is 17.0. The average molecular weight is 649 g/mol. The van der Waals surface area contributed by atoms with E-state index in [0.29, 0.717) is 11.7 Å². The lowest BCUT2D eigenvalue weighted by atomic mass is 9.86. The molecule has 2 unspecified atom stereocenters. The van der Waals surface area contributed by atoms with Crippen LogP contribution >= 0.6 is 11.7 Å². The number of hydrogen-bond acceptors (Lipinski definition) is 6. The van der Waals surface area contributed by atoms with Crippen molar-refractivity contribution in [1.82, 2.24) is 23.4 Å². The number of hydrogen-bond donors (Lipinski definition) is 3. The number of carbonyl (C=O) groups is 2. The fourth-order valence-corrected chi connectivity index (χ4v) is 7.48. The minimum atomic E-state index is -0.323. The summed E-state index contributed by atoms with van der Waals surface area (Å²) in [4.78, 5) is 28.5. The summed E-state index contributed by atoms with van der Waals surface area (Å²) in [6.07, 6.45) is 4.99. The Morgan fingerprint density at radius 3 is 2.32 bits per heavy atom. The van der Waals surface area contributed by atoms with Crippen molar-refractivity contribution in [2.45, 2.75) is 77.3 Å². The van der Waals surface area contributed by atoms with Gasteiger partial charge in [0.25, 0.3) is 0 Å². The zero-order valence-electron chi connectivity index (χ0n) is 27.2. The summed E-state index contributed by atoms with van der Waals surface area (Å²) < 4.78 is 10.4. The van der Waals surface area contributed by atoms with Crippen molar-refractivity contribution in [2.75, 3.05) is 16.0 Å². The molecule has 4 amide bonds. The molecule has 10 nitrogen and oxygen atoms in total. The highest BCUT2D eigenvalue weighted by atomic mass is 32.1. The van der Waals surface area contributed by atoms with Crippen LogP contribution in [0.5, 0.6) is 0 Å². The number of nitrogens with one attached hydrogen (secondary N) is 3. The second-order valence-electron chi connectivity index (χ2n) is 13.9. The van der Waals surface area contributed by atoms with Gasteiger partial charge in [-0.2, -0.15) is 13.8 Å².